The number of amides is 1. The van der Waals surface area contributed by atoms with E-state index in [1.54, 1.807) is 40.6 Å². The summed E-state index contributed by atoms with van der Waals surface area (Å²) < 4.78 is 21.2. The second kappa shape index (κ2) is 8.92. The maximum absolute atomic E-state index is 14.5. The standard InChI is InChI=1S/C25H29FN4O3/c1-5-33-24(32)16-10-12-29(13-11-16)23(31)20-14-19(17-8-6-7-9-18(17)26)27-22-15-21(25(2,3)4)28-30(20)22/h6-9,14-16H,5,10-13H2,1-4H3. The van der Waals surface area contributed by atoms with Gasteiger partial charge in [-0.25, -0.2) is 13.9 Å². The number of hydrogen-bond acceptors (Lipinski definition) is 5. The van der Waals surface area contributed by atoms with Gasteiger partial charge in [-0.3, -0.25) is 9.59 Å². The Hall–Kier alpha value is -3.29. The molecule has 3 aromatic rings. The smallest absolute Gasteiger partial charge is 0.309 e. The molecule has 1 aliphatic heterocycles. The monoisotopic (exact) mass is 452 g/mol. The van der Waals surface area contributed by atoms with Crippen LogP contribution < -0.4 is 0 Å². The SMILES string of the molecule is CCOC(=O)C1CCN(C(=O)c2cc(-c3ccccc3F)nc3cc(C(C)(C)C)nn23)CC1. The Bertz CT molecular complexity index is 1190. The highest BCUT2D eigenvalue weighted by Crippen LogP contribution is 2.28. The van der Waals surface area contributed by atoms with Crippen molar-refractivity contribution in [1.82, 2.24) is 19.5 Å². The predicted octanol–water partition coefficient (Wildman–Crippen LogP) is 4.25. The normalized spacial score (nSPS) is 15.1. The molecule has 0 saturated carbocycles. The number of benzene rings is 1. The summed E-state index contributed by atoms with van der Waals surface area (Å²) >= 11 is 0. The number of piperidine rings is 1. The van der Waals surface area contributed by atoms with E-state index in [2.05, 4.69) is 10.1 Å². The van der Waals surface area contributed by atoms with Gasteiger partial charge in [-0.1, -0.05) is 32.9 Å². The summed E-state index contributed by atoms with van der Waals surface area (Å²) in [4.78, 5) is 32.0. The maximum atomic E-state index is 14.5. The Kier molecular flexibility index (Phi) is 6.19. The van der Waals surface area contributed by atoms with Gasteiger partial charge >= 0.3 is 5.97 Å². The second-order valence-electron chi connectivity index (χ2n) is 9.37. The van der Waals surface area contributed by atoms with E-state index in [0.717, 1.165) is 5.69 Å². The highest BCUT2D eigenvalue weighted by atomic mass is 19.1. The number of likely N-dealkylation sites (tertiary alicyclic amines) is 1. The van der Waals surface area contributed by atoms with Crippen molar-refractivity contribution in [3.8, 4) is 11.3 Å². The van der Waals surface area contributed by atoms with Gasteiger partial charge in [-0.2, -0.15) is 5.10 Å². The van der Waals surface area contributed by atoms with Crippen molar-refractivity contribution >= 4 is 17.5 Å². The lowest BCUT2D eigenvalue weighted by Gasteiger charge is -2.31. The third kappa shape index (κ3) is 4.60. The summed E-state index contributed by atoms with van der Waals surface area (Å²) in [7, 11) is 0. The van der Waals surface area contributed by atoms with E-state index in [1.165, 1.54) is 6.07 Å². The second-order valence-corrected chi connectivity index (χ2v) is 9.37. The molecule has 174 valence electrons. The van der Waals surface area contributed by atoms with Crippen LogP contribution in [0.1, 0.15) is 56.7 Å². The fourth-order valence-electron chi connectivity index (χ4n) is 4.04. The van der Waals surface area contributed by atoms with E-state index in [9.17, 15) is 14.0 Å². The van der Waals surface area contributed by atoms with E-state index in [4.69, 9.17) is 4.74 Å². The van der Waals surface area contributed by atoms with Gasteiger partial charge in [0.1, 0.15) is 11.5 Å². The number of aromatic nitrogens is 3. The lowest BCUT2D eigenvalue weighted by molar-refractivity contribution is -0.149. The van der Waals surface area contributed by atoms with Crippen molar-refractivity contribution in [2.45, 2.75) is 46.0 Å². The molecule has 33 heavy (non-hydrogen) atoms. The van der Waals surface area contributed by atoms with E-state index >= 15 is 0 Å². The Balaban J connectivity index is 1.72. The van der Waals surface area contributed by atoms with Crippen molar-refractivity contribution in [3.05, 3.63) is 53.6 Å². The molecule has 1 aromatic carbocycles. The minimum Gasteiger partial charge on any atom is -0.466 e. The van der Waals surface area contributed by atoms with Crippen LogP contribution in [0.3, 0.4) is 0 Å². The molecule has 1 fully saturated rings. The molecular weight excluding hydrogens is 423 g/mol. The summed E-state index contributed by atoms with van der Waals surface area (Å²) in [6.45, 7) is 9.12. The molecule has 0 aliphatic carbocycles. The molecule has 0 bridgehead atoms. The van der Waals surface area contributed by atoms with Gasteiger partial charge in [0.05, 0.1) is 23.9 Å². The topological polar surface area (TPSA) is 76.8 Å². The summed E-state index contributed by atoms with van der Waals surface area (Å²) in [6.07, 6.45) is 1.09. The lowest BCUT2D eigenvalue weighted by atomic mass is 9.93. The van der Waals surface area contributed by atoms with Crippen LogP contribution in [0.5, 0.6) is 0 Å². The number of esters is 1. The largest absolute Gasteiger partial charge is 0.466 e. The number of hydrogen-bond donors (Lipinski definition) is 0. The summed E-state index contributed by atoms with van der Waals surface area (Å²) in [6, 6.07) is 9.82. The van der Waals surface area contributed by atoms with Gasteiger partial charge in [0, 0.05) is 30.1 Å². The van der Waals surface area contributed by atoms with Crippen molar-refractivity contribution < 1.29 is 18.7 Å². The number of nitrogens with zero attached hydrogens (tertiary/aromatic N) is 4. The number of fused-ring (bicyclic) bond motifs is 1. The van der Waals surface area contributed by atoms with Crippen LogP contribution >= 0.6 is 0 Å². The average molecular weight is 453 g/mol. The van der Waals surface area contributed by atoms with Crippen molar-refractivity contribution in [2.75, 3.05) is 19.7 Å². The van der Waals surface area contributed by atoms with Gasteiger partial charge in [-0.05, 0) is 38.0 Å². The van der Waals surface area contributed by atoms with E-state index in [0.29, 0.717) is 55.1 Å². The molecule has 0 unspecified atom stereocenters. The Morgan fingerprint density at radius 1 is 1.15 bits per heavy atom. The van der Waals surface area contributed by atoms with Crippen molar-refractivity contribution in [1.29, 1.82) is 0 Å². The zero-order chi connectivity index (χ0) is 23.8. The number of rotatable bonds is 4. The zero-order valence-electron chi connectivity index (χ0n) is 19.5. The van der Waals surface area contributed by atoms with Crippen LogP contribution in [0, 0.1) is 11.7 Å². The van der Waals surface area contributed by atoms with Crippen molar-refractivity contribution in [3.63, 3.8) is 0 Å². The fourth-order valence-corrected chi connectivity index (χ4v) is 4.04. The molecule has 1 aliphatic rings. The van der Waals surface area contributed by atoms with Crippen LogP contribution in [0.25, 0.3) is 16.9 Å². The quantitative estimate of drug-likeness (QED) is 0.553. The first-order valence-corrected chi connectivity index (χ1v) is 11.3. The molecule has 3 heterocycles. The molecular formula is C25H29FN4O3. The Morgan fingerprint density at radius 3 is 2.48 bits per heavy atom. The van der Waals surface area contributed by atoms with Gasteiger partial charge in [0.2, 0.25) is 0 Å². The summed E-state index contributed by atoms with van der Waals surface area (Å²) in [5, 5.41) is 4.66. The molecule has 7 nitrogen and oxygen atoms in total. The number of carbonyl (C=O) groups is 2. The summed E-state index contributed by atoms with van der Waals surface area (Å²) in [5.74, 6) is -1.03. The predicted molar refractivity (Wildman–Crippen MR) is 122 cm³/mol. The van der Waals surface area contributed by atoms with Crippen LogP contribution in [0.4, 0.5) is 4.39 Å². The van der Waals surface area contributed by atoms with E-state index in [1.807, 2.05) is 26.8 Å². The molecule has 0 radical (unpaired) electrons. The molecule has 1 saturated heterocycles. The van der Waals surface area contributed by atoms with Gasteiger partial charge < -0.3 is 9.64 Å². The first kappa shape index (κ1) is 22.9. The highest BCUT2D eigenvalue weighted by Gasteiger charge is 2.31. The van der Waals surface area contributed by atoms with Crippen LogP contribution in [-0.2, 0) is 14.9 Å². The first-order valence-electron chi connectivity index (χ1n) is 11.3. The number of ether oxygens (including phenoxy) is 1. The third-order valence-electron chi connectivity index (χ3n) is 5.97. The van der Waals surface area contributed by atoms with Crippen molar-refractivity contribution in [2.24, 2.45) is 5.92 Å². The van der Waals surface area contributed by atoms with Gasteiger partial charge in [0.25, 0.3) is 5.91 Å². The Morgan fingerprint density at radius 2 is 1.85 bits per heavy atom. The van der Waals surface area contributed by atoms with E-state index in [-0.39, 0.29) is 23.2 Å². The van der Waals surface area contributed by atoms with Crippen LogP contribution in [0.15, 0.2) is 36.4 Å². The lowest BCUT2D eigenvalue weighted by Crippen LogP contribution is -2.41. The number of halogens is 1. The minimum absolute atomic E-state index is 0.197. The minimum atomic E-state index is -0.404. The molecule has 4 rings (SSSR count). The molecule has 0 N–H and O–H groups in total. The van der Waals surface area contributed by atoms with Crippen LogP contribution in [-0.4, -0.2) is 51.1 Å². The summed E-state index contributed by atoms with van der Waals surface area (Å²) in [5.41, 5.74) is 2.06. The fraction of sp³-hybridized carbons (Fsp3) is 0.440. The highest BCUT2D eigenvalue weighted by molar-refractivity contribution is 5.94. The third-order valence-corrected chi connectivity index (χ3v) is 5.97. The van der Waals surface area contributed by atoms with E-state index < -0.39 is 5.82 Å². The Labute approximate surface area is 192 Å². The molecule has 0 atom stereocenters. The van der Waals surface area contributed by atoms with Gasteiger partial charge in [0.15, 0.2) is 5.65 Å². The number of carbonyl (C=O) groups excluding carboxylic acids is 2. The zero-order valence-corrected chi connectivity index (χ0v) is 19.5. The molecule has 0 spiro atoms. The molecule has 1 amide bonds. The average Bonchev–Trinajstić information content (AvgIpc) is 3.23. The molecule has 8 heteroatoms. The maximum Gasteiger partial charge on any atom is 0.309 e. The molecule has 2 aromatic heterocycles. The van der Waals surface area contributed by atoms with Crippen LogP contribution in [0.2, 0.25) is 0 Å². The van der Waals surface area contributed by atoms with Gasteiger partial charge in [-0.15, -0.1) is 0 Å². The first-order chi connectivity index (χ1) is 15.7.